The molecule has 1 aromatic carbocycles. The molecule has 0 N–H and O–H groups in total. The van der Waals surface area contributed by atoms with E-state index >= 15 is 0 Å². The Kier molecular flexibility index (Phi) is 3.82. The molecule has 4 rings (SSSR count). The number of hydroxylamine groups is 2. The minimum absolute atomic E-state index is 0.195. The number of hydrogen-bond donors (Lipinski definition) is 0. The number of ether oxygens (including phenoxy) is 1. The summed E-state index contributed by atoms with van der Waals surface area (Å²) in [5, 5.41) is 1.16. The summed E-state index contributed by atoms with van der Waals surface area (Å²) in [5.74, 6) is -2.61. The Morgan fingerprint density at radius 2 is 1.46 bits per heavy atom. The summed E-state index contributed by atoms with van der Waals surface area (Å²) < 4.78 is 5.39. The van der Waals surface area contributed by atoms with E-state index in [1.54, 1.807) is 24.3 Å². The van der Waals surface area contributed by atoms with Crippen LogP contribution in [0.15, 0.2) is 36.4 Å². The Hall–Kier alpha value is -3.04. The van der Waals surface area contributed by atoms with E-state index in [4.69, 9.17) is 4.84 Å². The largest absolute Gasteiger partial charge is 0.465 e. The number of benzene rings is 1. The lowest BCUT2D eigenvalue weighted by molar-refractivity contribution is -0.0581. The molecule has 130 valence electrons. The highest BCUT2D eigenvalue weighted by atomic mass is 32.2. The van der Waals surface area contributed by atoms with Crippen LogP contribution in [0.4, 0.5) is 0 Å². The molecule has 0 radical (unpaired) electrons. The molecule has 0 saturated heterocycles. The predicted molar refractivity (Wildman–Crippen MR) is 93.4 cm³/mol. The minimum atomic E-state index is -0.812. The first-order valence-electron chi connectivity index (χ1n) is 7.31. The van der Waals surface area contributed by atoms with Gasteiger partial charge < -0.3 is 9.57 Å². The number of carbonyl (C=O) groups excluding carboxylic acids is 4. The molecule has 0 aliphatic carbocycles. The number of methoxy groups -OCH3 is 1. The summed E-state index contributed by atoms with van der Waals surface area (Å²) >= 11 is 2.30. The van der Waals surface area contributed by atoms with Crippen molar-refractivity contribution in [3.63, 3.8) is 0 Å². The molecule has 0 fully saturated rings. The van der Waals surface area contributed by atoms with Gasteiger partial charge in [0.1, 0.15) is 9.75 Å². The van der Waals surface area contributed by atoms with Crippen LogP contribution >= 0.6 is 22.7 Å². The van der Waals surface area contributed by atoms with Crippen LogP contribution in [-0.4, -0.2) is 35.9 Å². The van der Waals surface area contributed by atoms with Crippen molar-refractivity contribution in [3.05, 3.63) is 57.3 Å². The minimum Gasteiger partial charge on any atom is -0.465 e. The highest BCUT2D eigenvalue weighted by molar-refractivity contribution is 7.39. The topological polar surface area (TPSA) is 90.0 Å². The first-order chi connectivity index (χ1) is 12.5. The Morgan fingerprint density at radius 1 is 0.923 bits per heavy atom. The van der Waals surface area contributed by atoms with Crippen molar-refractivity contribution in [3.8, 4) is 0 Å². The van der Waals surface area contributed by atoms with E-state index in [2.05, 4.69) is 4.74 Å². The third kappa shape index (κ3) is 2.49. The summed E-state index contributed by atoms with van der Waals surface area (Å²) in [6.45, 7) is 0. The molecule has 0 unspecified atom stereocenters. The van der Waals surface area contributed by atoms with Crippen LogP contribution in [-0.2, 0) is 9.57 Å². The van der Waals surface area contributed by atoms with Gasteiger partial charge in [-0.3, -0.25) is 9.59 Å². The van der Waals surface area contributed by atoms with Gasteiger partial charge in [-0.25, -0.2) is 9.59 Å². The van der Waals surface area contributed by atoms with Crippen molar-refractivity contribution in [2.45, 2.75) is 0 Å². The Labute approximate surface area is 154 Å². The summed E-state index contributed by atoms with van der Waals surface area (Å²) in [6.07, 6.45) is 0. The first-order valence-corrected chi connectivity index (χ1v) is 8.94. The Balaban J connectivity index is 1.56. The number of imide groups is 1. The first kappa shape index (κ1) is 16.4. The van der Waals surface area contributed by atoms with E-state index in [0.717, 1.165) is 15.4 Å². The summed E-state index contributed by atoms with van der Waals surface area (Å²) in [4.78, 5) is 54.0. The lowest BCUT2D eigenvalue weighted by atomic mass is 10.1. The van der Waals surface area contributed by atoms with E-state index in [1.807, 2.05) is 0 Å². The average Bonchev–Trinajstić information content (AvgIpc) is 3.29. The number of esters is 1. The highest BCUT2D eigenvalue weighted by Gasteiger charge is 2.39. The SMILES string of the molecule is COC(=O)c1cc2cc(C(=O)ON3C(=O)c4ccccc4C3=O)sc2s1. The molecule has 3 heterocycles. The van der Waals surface area contributed by atoms with Crippen molar-refractivity contribution < 1.29 is 28.8 Å². The third-order valence-electron chi connectivity index (χ3n) is 3.73. The molecular weight excluding hydrogens is 378 g/mol. The maximum atomic E-state index is 12.3. The van der Waals surface area contributed by atoms with Gasteiger partial charge in [0.2, 0.25) is 0 Å². The molecule has 2 aromatic heterocycles. The smallest absolute Gasteiger partial charge is 0.373 e. The lowest BCUT2D eigenvalue weighted by Gasteiger charge is -2.11. The zero-order valence-electron chi connectivity index (χ0n) is 13.2. The van der Waals surface area contributed by atoms with E-state index in [9.17, 15) is 19.2 Å². The van der Waals surface area contributed by atoms with Gasteiger partial charge >= 0.3 is 11.9 Å². The van der Waals surface area contributed by atoms with Gasteiger partial charge in [-0.2, -0.15) is 0 Å². The average molecular weight is 387 g/mol. The highest BCUT2D eigenvalue weighted by Crippen LogP contribution is 2.34. The van der Waals surface area contributed by atoms with Gasteiger partial charge in [-0.1, -0.05) is 17.2 Å². The molecule has 1 aliphatic rings. The lowest BCUT2D eigenvalue weighted by Crippen LogP contribution is -2.32. The third-order valence-corrected chi connectivity index (χ3v) is 6.08. The molecule has 7 nitrogen and oxygen atoms in total. The molecule has 0 atom stereocenters. The van der Waals surface area contributed by atoms with E-state index in [-0.39, 0.29) is 16.0 Å². The van der Waals surface area contributed by atoms with Crippen molar-refractivity contribution >= 4 is 55.8 Å². The molecular formula is C17H9NO6S2. The fourth-order valence-electron chi connectivity index (χ4n) is 2.52. The molecule has 0 spiro atoms. The van der Waals surface area contributed by atoms with Crippen molar-refractivity contribution in [2.24, 2.45) is 0 Å². The number of nitrogens with zero attached hydrogens (tertiary/aromatic N) is 1. The van der Waals surface area contributed by atoms with Crippen molar-refractivity contribution in [1.29, 1.82) is 0 Å². The van der Waals surface area contributed by atoms with Crippen LogP contribution in [0.3, 0.4) is 0 Å². The van der Waals surface area contributed by atoms with E-state index < -0.39 is 23.8 Å². The number of thiophene rings is 2. The van der Waals surface area contributed by atoms with E-state index in [0.29, 0.717) is 15.3 Å². The maximum Gasteiger partial charge on any atom is 0.373 e. The zero-order chi connectivity index (χ0) is 18.4. The molecule has 26 heavy (non-hydrogen) atoms. The van der Waals surface area contributed by atoms with Gasteiger partial charge in [0.15, 0.2) is 0 Å². The Bertz CT molecular complexity index is 1030. The van der Waals surface area contributed by atoms with Gasteiger partial charge in [0, 0.05) is 5.39 Å². The maximum absolute atomic E-state index is 12.3. The summed E-state index contributed by atoms with van der Waals surface area (Å²) in [6, 6.07) is 9.41. The van der Waals surface area contributed by atoms with Crippen LogP contribution in [0.1, 0.15) is 40.1 Å². The quantitative estimate of drug-likeness (QED) is 0.507. The Morgan fingerprint density at radius 3 is 1.96 bits per heavy atom. The summed E-state index contributed by atoms with van der Waals surface area (Å²) in [7, 11) is 1.29. The van der Waals surface area contributed by atoms with Crippen LogP contribution in [0.25, 0.3) is 9.40 Å². The predicted octanol–water partition coefficient (Wildman–Crippen LogP) is 3.12. The second kappa shape index (κ2) is 6.04. The number of fused-ring (bicyclic) bond motifs is 2. The summed E-state index contributed by atoms with van der Waals surface area (Å²) in [5.41, 5.74) is 0.389. The normalized spacial score (nSPS) is 13.2. The van der Waals surface area contributed by atoms with Gasteiger partial charge in [-0.15, -0.1) is 22.7 Å². The van der Waals surface area contributed by atoms with Gasteiger partial charge in [0.25, 0.3) is 11.8 Å². The second-order valence-corrected chi connectivity index (χ2v) is 7.65. The zero-order valence-corrected chi connectivity index (χ0v) is 14.8. The molecule has 0 saturated carbocycles. The molecule has 3 aromatic rings. The van der Waals surface area contributed by atoms with Crippen molar-refractivity contribution in [2.75, 3.05) is 7.11 Å². The van der Waals surface area contributed by atoms with Crippen molar-refractivity contribution in [1.82, 2.24) is 5.06 Å². The van der Waals surface area contributed by atoms with Crippen LogP contribution in [0.5, 0.6) is 0 Å². The van der Waals surface area contributed by atoms with Gasteiger partial charge in [-0.05, 0) is 24.3 Å². The molecule has 2 amide bonds. The van der Waals surface area contributed by atoms with Crippen LogP contribution < -0.4 is 0 Å². The standard InChI is InChI=1S/C17H9NO6S2/c1-23-15(21)11-6-8-7-12(26-17(8)25-11)16(22)24-18-13(19)9-4-2-3-5-10(9)14(18)20/h2-7H,1H3. The number of carbonyl (C=O) groups is 4. The fourth-order valence-corrected chi connectivity index (χ4v) is 4.75. The van der Waals surface area contributed by atoms with E-state index in [1.165, 1.54) is 30.6 Å². The fraction of sp³-hybridized carbons (Fsp3) is 0.0588. The number of rotatable bonds is 3. The number of amides is 2. The molecule has 1 aliphatic heterocycles. The van der Waals surface area contributed by atoms with Crippen LogP contribution in [0, 0.1) is 0 Å². The molecule has 0 bridgehead atoms. The second-order valence-electron chi connectivity index (χ2n) is 5.28. The van der Waals surface area contributed by atoms with Gasteiger partial charge in [0.05, 0.1) is 22.3 Å². The molecule has 9 heteroatoms. The van der Waals surface area contributed by atoms with Crippen LogP contribution in [0.2, 0.25) is 0 Å². The number of hydrogen-bond acceptors (Lipinski definition) is 8. The monoisotopic (exact) mass is 387 g/mol.